The molecule has 37 heavy (non-hydrogen) atoms. The second kappa shape index (κ2) is 23.6. The van der Waals surface area contributed by atoms with Crippen LogP contribution in [-0.2, 0) is 11.2 Å². The second-order valence-electron chi connectivity index (χ2n) is 11.2. The van der Waals surface area contributed by atoms with Crippen LogP contribution in [0.5, 0.6) is 5.75 Å². The van der Waals surface area contributed by atoms with E-state index in [-0.39, 0.29) is 5.91 Å². The predicted octanol–water partition coefficient (Wildman–Crippen LogP) is 8.67. The smallest absolute Gasteiger partial charge is 0.222 e. The van der Waals surface area contributed by atoms with Gasteiger partial charge in [0.2, 0.25) is 5.91 Å². The Bertz CT molecular complexity index is 661. The monoisotopic (exact) mass is 516 g/mol. The molecule has 0 aliphatic heterocycles. The maximum atomic E-state index is 12.5. The zero-order valence-corrected chi connectivity index (χ0v) is 25.1. The lowest BCUT2D eigenvalue weighted by Gasteiger charge is -2.19. The summed E-state index contributed by atoms with van der Waals surface area (Å²) in [6, 6.07) is 8.22. The zero-order valence-electron chi connectivity index (χ0n) is 25.1. The molecule has 4 nitrogen and oxygen atoms in total. The van der Waals surface area contributed by atoms with Crippen LogP contribution in [0.2, 0.25) is 0 Å². The maximum Gasteiger partial charge on any atom is 0.222 e. The first-order chi connectivity index (χ1) is 18.0. The third-order valence-corrected chi connectivity index (χ3v) is 7.36. The highest BCUT2D eigenvalue weighted by molar-refractivity contribution is 5.76. The van der Waals surface area contributed by atoms with Crippen molar-refractivity contribution in [1.29, 1.82) is 0 Å². The molecule has 0 saturated heterocycles. The highest BCUT2D eigenvalue weighted by atomic mass is 16.5. The first-order valence-corrected chi connectivity index (χ1v) is 15.6. The van der Waals surface area contributed by atoms with Crippen LogP contribution in [0.1, 0.15) is 128 Å². The largest absolute Gasteiger partial charge is 0.493 e. The Morgan fingerprint density at radius 1 is 0.676 bits per heavy atom. The summed E-state index contributed by atoms with van der Waals surface area (Å²) in [6.45, 7) is 4.88. The van der Waals surface area contributed by atoms with E-state index in [2.05, 4.69) is 32.0 Å². The summed E-state index contributed by atoms with van der Waals surface area (Å²) in [5.74, 6) is 1.16. The van der Waals surface area contributed by atoms with Crippen molar-refractivity contribution in [1.82, 2.24) is 9.80 Å². The van der Waals surface area contributed by atoms with Crippen molar-refractivity contribution in [3.63, 3.8) is 0 Å². The molecule has 1 aromatic rings. The number of unbranched alkanes of at least 4 members (excludes halogenated alkanes) is 15. The molecular weight excluding hydrogens is 456 g/mol. The molecule has 0 fully saturated rings. The van der Waals surface area contributed by atoms with E-state index in [0.29, 0.717) is 6.42 Å². The first kappa shape index (κ1) is 33.5. The quantitative estimate of drug-likeness (QED) is 0.122. The lowest BCUT2D eigenvalue weighted by molar-refractivity contribution is -0.129. The number of aryl methyl sites for hydroxylation is 1. The molecule has 0 atom stereocenters. The number of carbonyl (C=O) groups is 1. The molecule has 0 aliphatic rings. The molecule has 1 aromatic carbocycles. The Morgan fingerprint density at radius 2 is 1.19 bits per heavy atom. The number of ether oxygens (including phenoxy) is 1. The van der Waals surface area contributed by atoms with Gasteiger partial charge in [-0.05, 0) is 51.5 Å². The summed E-state index contributed by atoms with van der Waals surface area (Å²) in [4.78, 5) is 16.5. The summed E-state index contributed by atoms with van der Waals surface area (Å²) in [7, 11) is 6.05. The van der Waals surface area contributed by atoms with Gasteiger partial charge in [-0.1, -0.05) is 121 Å². The van der Waals surface area contributed by atoms with Gasteiger partial charge < -0.3 is 14.5 Å². The molecule has 0 aliphatic carbocycles. The number of carbonyl (C=O) groups excluding carboxylic acids is 1. The topological polar surface area (TPSA) is 32.8 Å². The fourth-order valence-corrected chi connectivity index (χ4v) is 4.86. The molecular formula is C33H60N2O2. The third kappa shape index (κ3) is 19.2. The van der Waals surface area contributed by atoms with E-state index in [4.69, 9.17) is 4.74 Å². The fraction of sp³-hybridized carbons (Fsp3) is 0.788. The highest BCUT2D eigenvalue weighted by Gasteiger charge is 2.11. The Hall–Kier alpha value is -1.55. The van der Waals surface area contributed by atoms with Crippen LogP contribution in [0, 0.1) is 0 Å². The van der Waals surface area contributed by atoms with Crippen LogP contribution in [0.25, 0.3) is 0 Å². The molecule has 0 unspecified atom stereocenters. The van der Waals surface area contributed by atoms with E-state index in [1.165, 1.54) is 96.3 Å². The van der Waals surface area contributed by atoms with Crippen LogP contribution in [0.15, 0.2) is 24.3 Å². The lowest BCUT2D eigenvalue weighted by atomic mass is 10.0. The Kier molecular flexibility index (Phi) is 21.3. The summed E-state index contributed by atoms with van der Waals surface area (Å²) in [5.41, 5.74) is 1.15. The van der Waals surface area contributed by atoms with Gasteiger partial charge >= 0.3 is 0 Å². The number of benzene rings is 1. The Morgan fingerprint density at radius 3 is 1.73 bits per heavy atom. The van der Waals surface area contributed by atoms with Gasteiger partial charge in [0.05, 0.1) is 6.61 Å². The number of hydrogen-bond acceptors (Lipinski definition) is 3. The van der Waals surface area contributed by atoms with Gasteiger partial charge in [-0.2, -0.15) is 0 Å². The molecule has 0 spiro atoms. The zero-order chi connectivity index (χ0) is 27.0. The van der Waals surface area contributed by atoms with Crippen molar-refractivity contribution in [2.45, 2.75) is 129 Å². The first-order valence-electron chi connectivity index (χ1n) is 15.6. The van der Waals surface area contributed by atoms with Crippen LogP contribution < -0.4 is 4.74 Å². The van der Waals surface area contributed by atoms with E-state index in [1.54, 1.807) is 0 Å². The van der Waals surface area contributed by atoms with Gasteiger partial charge in [-0.3, -0.25) is 4.79 Å². The average molecular weight is 517 g/mol. The molecule has 0 aromatic heterocycles. The summed E-state index contributed by atoms with van der Waals surface area (Å²) >= 11 is 0. The van der Waals surface area contributed by atoms with E-state index in [9.17, 15) is 4.79 Å². The molecule has 0 heterocycles. The van der Waals surface area contributed by atoms with Crippen LogP contribution in [0.3, 0.4) is 0 Å². The van der Waals surface area contributed by atoms with E-state index >= 15 is 0 Å². The summed E-state index contributed by atoms with van der Waals surface area (Å²) in [5, 5.41) is 0. The molecule has 0 radical (unpaired) electrons. The normalized spacial score (nSPS) is 11.3. The van der Waals surface area contributed by atoms with Crippen LogP contribution in [0.4, 0.5) is 0 Å². The summed E-state index contributed by atoms with van der Waals surface area (Å²) in [6.07, 6.45) is 24.4. The number of nitrogens with zero attached hydrogens (tertiary/aromatic N) is 2. The maximum absolute atomic E-state index is 12.5. The SMILES string of the molecule is CCCCCCCCCCCCCCCCCCOc1ccccc1CCC(=O)N(C)CCCN(C)C. The van der Waals surface area contributed by atoms with Crippen molar-refractivity contribution in [3.8, 4) is 5.75 Å². The molecule has 214 valence electrons. The minimum Gasteiger partial charge on any atom is -0.493 e. The predicted molar refractivity (Wildman–Crippen MR) is 161 cm³/mol. The van der Waals surface area contributed by atoms with Gasteiger partial charge in [0.25, 0.3) is 0 Å². The minimum absolute atomic E-state index is 0.214. The average Bonchev–Trinajstić information content (AvgIpc) is 2.89. The number of amides is 1. The molecule has 0 bridgehead atoms. The van der Waals surface area contributed by atoms with Gasteiger partial charge in [-0.15, -0.1) is 0 Å². The number of hydrogen-bond donors (Lipinski definition) is 0. The second-order valence-corrected chi connectivity index (χ2v) is 11.2. The number of rotatable bonds is 25. The van der Waals surface area contributed by atoms with Crippen molar-refractivity contribution < 1.29 is 9.53 Å². The Balaban J connectivity index is 2.03. The van der Waals surface area contributed by atoms with Gasteiger partial charge in [-0.25, -0.2) is 0 Å². The third-order valence-electron chi connectivity index (χ3n) is 7.36. The van der Waals surface area contributed by atoms with Gasteiger partial charge in [0.1, 0.15) is 5.75 Å². The molecule has 1 amide bonds. The van der Waals surface area contributed by atoms with Crippen LogP contribution >= 0.6 is 0 Å². The molecule has 0 N–H and O–H groups in total. The van der Waals surface area contributed by atoms with E-state index in [0.717, 1.165) is 50.3 Å². The van der Waals surface area contributed by atoms with Crippen LogP contribution in [-0.4, -0.2) is 56.5 Å². The Labute approximate surface area is 230 Å². The standard InChI is InChI=1S/C33H60N2O2/c1-5-6-7-8-9-10-11-12-13-14-15-16-17-18-19-22-30-37-32-25-21-20-24-31(32)26-27-33(36)35(4)29-23-28-34(2)3/h20-21,24-25H,5-19,22-23,26-30H2,1-4H3. The highest BCUT2D eigenvalue weighted by Crippen LogP contribution is 2.21. The fourth-order valence-electron chi connectivity index (χ4n) is 4.86. The van der Waals surface area contributed by atoms with Crippen molar-refractivity contribution in [2.24, 2.45) is 0 Å². The van der Waals surface area contributed by atoms with Crippen molar-refractivity contribution >= 4 is 5.91 Å². The van der Waals surface area contributed by atoms with Crippen molar-refractivity contribution in [3.05, 3.63) is 29.8 Å². The van der Waals surface area contributed by atoms with E-state index < -0.39 is 0 Å². The number of para-hydroxylation sites is 1. The molecule has 4 heteroatoms. The molecule has 1 rings (SSSR count). The molecule has 0 saturated carbocycles. The van der Waals surface area contributed by atoms with Gasteiger partial charge in [0.15, 0.2) is 0 Å². The summed E-state index contributed by atoms with van der Waals surface area (Å²) < 4.78 is 6.11. The minimum atomic E-state index is 0.214. The lowest BCUT2D eigenvalue weighted by Crippen LogP contribution is -2.29. The van der Waals surface area contributed by atoms with Crippen molar-refractivity contribution in [2.75, 3.05) is 40.8 Å². The van der Waals surface area contributed by atoms with E-state index in [1.807, 2.05) is 30.1 Å². The van der Waals surface area contributed by atoms with Gasteiger partial charge in [0, 0.05) is 20.0 Å².